The molecule has 2 unspecified atom stereocenters. The molecule has 0 bridgehead atoms. The zero-order chi connectivity index (χ0) is 15.8. The van der Waals surface area contributed by atoms with Crippen LogP contribution in [-0.2, 0) is 20.5 Å². The van der Waals surface area contributed by atoms with E-state index in [-0.39, 0.29) is 6.42 Å². The van der Waals surface area contributed by atoms with Crippen LogP contribution in [0.2, 0.25) is 0 Å². The predicted molar refractivity (Wildman–Crippen MR) is 62.2 cm³/mol. The molecular weight excluding hydrogens is 319 g/mol. The maximum absolute atomic E-state index is 12.3. The molecule has 0 amide bonds. The second-order valence-electron chi connectivity index (χ2n) is 4.75. The predicted octanol–water partition coefficient (Wildman–Crippen LogP) is 3.31. The highest BCUT2D eigenvalue weighted by Crippen LogP contribution is 2.43. The Morgan fingerprint density at radius 1 is 1.19 bits per heavy atom. The van der Waals surface area contributed by atoms with E-state index in [2.05, 4.69) is 4.18 Å². The van der Waals surface area contributed by atoms with Gasteiger partial charge in [-0.3, -0.25) is 4.18 Å². The third-order valence-electron chi connectivity index (χ3n) is 3.21. The summed E-state index contributed by atoms with van der Waals surface area (Å²) in [7, 11) is -4.24. The van der Waals surface area contributed by atoms with E-state index >= 15 is 0 Å². The van der Waals surface area contributed by atoms with Crippen molar-refractivity contribution >= 4 is 10.1 Å². The first-order valence-electron chi connectivity index (χ1n) is 5.96. The van der Waals surface area contributed by atoms with Crippen molar-refractivity contribution < 1.29 is 34.6 Å². The SMILES string of the molecule is O=S(=O)(OCC1CC1C(F)F)c1ccc(C(F)(F)F)cc1. The lowest BCUT2D eigenvalue weighted by molar-refractivity contribution is -0.137. The lowest BCUT2D eigenvalue weighted by atomic mass is 10.2. The van der Waals surface area contributed by atoms with E-state index in [4.69, 9.17) is 0 Å². The van der Waals surface area contributed by atoms with E-state index in [1.807, 2.05) is 0 Å². The van der Waals surface area contributed by atoms with Crippen molar-refractivity contribution in [2.75, 3.05) is 6.61 Å². The Morgan fingerprint density at radius 3 is 2.19 bits per heavy atom. The summed E-state index contributed by atoms with van der Waals surface area (Å²) < 4.78 is 89.6. The van der Waals surface area contributed by atoms with Crippen LogP contribution in [0.15, 0.2) is 29.2 Å². The summed E-state index contributed by atoms with van der Waals surface area (Å²) in [6, 6.07) is 2.79. The third kappa shape index (κ3) is 3.91. The van der Waals surface area contributed by atoms with Gasteiger partial charge in [0.1, 0.15) is 0 Å². The zero-order valence-electron chi connectivity index (χ0n) is 10.5. The minimum atomic E-state index is -4.57. The number of rotatable bonds is 5. The molecule has 3 nitrogen and oxygen atoms in total. The van der Waals surface area contributed by atoms with Gasteiger partial charge in [0.05, 0.1) is 17.1 Å². The summed E-state index contributed by atoms with van der Waals surface area (Å²) >= 11 is 0. The van der Waals surface area contributed by atoms with Gasteiger partial charge in [-0.2, -0.15) is 21.6 Å². The molecule has 9 heteroatoms. The van der Waals surface area contributed by atoms with Gasteiger partial charge in [-0.05, 0) is 36.6 Å². The van der Waals surface area contributed by atoms with Crippen LogP contribution in [0.3, 0.4) is 0 Å². The van der Waals surface area contributed by atoms with Crippen LogP contribution in [0.1, 0.15) is 12.0 Å². The number of alkyl halides is 5. The molecule has 1 aromatic rings. The average Bonchev–Trinajstić information content (AvgIpc) is 3.15. The molecule has 0 aliphatic heterocycles. The third-order valence-corrected chi connectivity index (χ3v) is 4.50. The normalized spacial score (nSPS) is 22.6. The van der Waals surface area contributed by atoms with E-state index in [9.17, 15) is 30.4 Å². The van der Waals surface area contributed by atoms with Gasteiger partial charge in [0.25, 0.3) is 10.1 Å². The maximum atomic E-state index is 12.3. The van der Waals surface area contributed by atoms with Crippen LogP contribution in [0, 0.1) is 11.8 Å². The van der Waals surface area contributed by atoms with Gasteiger partial charge in [0, 0.05) is 5.92 Å². The molecule has 2 rings (SSSR count). The van der Waals surface area contributed by atoms with Crippen molar-refractivity contribution in [3.8, 4) is 0 Å². The summed E-state index contributed by atoms with van der Waals surface area (Å²) in [6.45, 7) is -0.391. The van der Waals surface area contributed by atoms with E-state index in [1.54, 1.807) is 0 Å². The Kier molecular flexibility index (Phi) is 4.25. The van der Waals surface area contributed by atoms with Crippen molar-refractivity contribution in [2.45, 2.75) is 23.9 Å². The lowest BCUT2D eigenvalue weighted by Gasteiger charge is -2.08. The molecule has 0 heterocycles. The molecule has 1 aromatic carbocycles. The van der Waals surface area contributed by atoms with Crippen molar-refractivity contribution in [2.24, 2.45) is 11.8 Å². The molecule has 118 valence electrons. The Labute approximate surface area is 117 Å². The van der Waals surface area contributed by atoms with Crippen LogP contribution in [0.5, 0.6) is 0 Å². The Balaban J connectivity index is 2.00. The fourth-order valence-electron chi connectivity index (χ4n) is 1.83. The lowest BCUT2D eigenvalue weighted by Crippen LogP contribution is -2.11. The number of hydrogen-bond donors (Lipinski definition) is 0. The molecule has 0 aromatic heterocycles. The first kappa shape index (κ1) is 16.2. The summed E-state index contributed by atoms with van der Waals surface area (Å²) in [5, 5.41) is 0. The average molecular weight is 330 g/mol. The van der Waals surface area contributed by atoms with E-state index in [1.165, 1.54) is 0 Å². The van der Waals surface area contributed by atoms with E-state index in [0.717, 1.165) is 12.1 Å². The highest BCUT2D eigenvalue weighted by Gasteiger charge is 2.44. The van der Waals surface area contributed by atoms with Gasteiger partial charge < -0.3 is 0 Å². The van der Waals surface area contributed by atoms with Gasteiger partial charge in [-0.1, -0.05) is 0 Å². The Hall–Kier alpha value is -1.22. The second-order valence-corrected chi connectivity index (χ2v) is 6.37. The number of benzene rings is 1. The Morgan fingerprint density at radius 2 is 1.76 bits per heavy atom. The monoisotopic (exact) mass is 330 g/mol. The Bertz CT molecular complexity index is 594. The first-order valence-corrected chi connectivity index (χ1v) is 7.37. The fourth-order valence-corrected chi connectivity index (χ4v) is 2.79. The van der Waals surface area contributed by atoms with Crippen molar-refractivity contribution in [3.63, 3.8) is 0 Å². The number of halogens is 5. The van der Waals surface area contributed by atoms with E-state index in [0.29, 0.717) is 12.1 Å². The van der Waals surface area contributed by atoms with Crippen LogP contribution in [0.25, 0.3) is 0 Å². The molecule has 0 saturated heterocycles. The molecule has 1 aliphatic rings. The minimum Gasteiger partial charge on any atom is -0.266 e. The topological polar surface area (TPSA) is 43.4 Å². The van der Waals surface area contributed by atoms with Gasteiger partial charge in [-0.15, -0.1) is 0 Å². The smallest absolute Gasteiger partial charge is 0.266 e. The zero-order valence-corrected chi connectivity index (χ0v) is 11.3. The number of hydrogen-bond acceptors (Lipinski definition) is 3. The van der Waals surface area contributed by atoms with E-state index < -0.39 is 51.6 Å². The van der Waals surface area contributed by atoms with Gasteiger partial charge >= 0.3 is 6.18 Å². The van der Waals surface area contributed by atoms with Crippen molar-refractivity contribution in [3.05, 3.63) is 29.8 Å². The van der Waals surface area contributed by atoms with Crippen LogP contribution in [-0.4, -0.2) is 21.5 Å². The second kappa shape index (κ2) is 5.53. The summed E-state index contributed by atoms with van der Waals surface area (Å²) in [4.78, 5) is -0.440. The summed E-state index contributed by atoms with van der Waals surface area (Å²) in [5.74, 6) is -1.40. The minimum absolute atomic E-state index is 0.181. The molecule has 21 heavy (non-hydrogen) atoms. The summed E-state index contributed by atoms with van der Waals surface area (Å²) in [6.07, 6.45) is -6.91. The molecule has 1 aliphatic carbocycles. The van der Waals surface area contributed by atoms with Crippen molar-refractivity contribution in [1.82, 2.24) is 0 Å². The van der Waals surface area contributed by atoms with Gasteiger partial charge in [0.15, 0.2) is 0 Å². The quantitative estimate of drug-likeness (QED) is 0.614. The van der Waals surface area contributed by atoms with Gasteiger partial charge in [-0.25, -0.2) is 8.78 Å². The first-order chi connectivity index (χ1) is 9.61. The molecule has 0 spiro atoms. The van der Waals surface area contributed by atoms with Gasteiger partial charge in [0.2, 0.25) is 6.43 Å². The largest absolute Gasteiger partial charge is 0.416 e. The molecule has 1 fully saturated rings. The molecule has 0 N–H and O–H groups in total. The highest BCUT2D eigenvalue weighted by atomic mass is 32.2. The summed E-state index contributed by atoms with van der Waals surface area (Å²) in [5.41, 5.74) is -0.985. The molecule has 2 atom stereocenters. The standard InChI is InChI=1S/C12H11F5O3S/c13-11(14)10-5-7(10)6-20-21(18,19)9-3-1-8(2-4-9)12(15,16)17/h1-4,7,10-11H,5-6H2. The van der Waals surface area contributed by atoms with Crippen LogP contribution in [0.4, 0.5) is 22.0 Å². The van der Waals surface area contributed by atoms with Crippen LogP contribution >= 0.6 is 0 Å². The fraction of sp³-hybridized carbons (Fsp3) is 0.500. The molecular formula is C12H11F5O3S. The maximum Gasteiger partial charge on any atom is 0.416 e. The molecule has 1 saturated carbocycles. The molecule has 0 radical (unpaired) electrons. The highest BCUT2D eigenvalue weighted by molar-refractivity contribution is 7.86. The van der Waals surface area contributed by atoms with Crippen LogP contribution < -0.4 is 0 Å². The van der Waals surface area contributed by atoms with Crippen molar-refractivity contribution in [1.29, 1.82) is 0 Å².